The van der Waals surface area contributed by atoms with Crippen molar-refractivity contribution in [2.24, 2.45) is 0 Å². The highest BCUT2D eigenvalue weighted by Crippen LogP contribution is 2.20. The molecule has 0 unspecified atom stereocenters. The van der Waals surface area contributed by atoms with Crippen LogP contribution in [-0.4, -0.2) is 35.2 Å². The van der Waals surface area contributed by atoms with Crippen LogP contribution in [0.15, 0.2) is 42.5 Å². The quantitative estimate of drug-likeness (QED) is 0.805. The number of nitrogens with zero attached hydrogens (tertiary/aromatic N) is 2. The van der Waals surface area contributed by atoms with Crippen LogP contribution in [0.1, 0.15) is 16.1 Å². The van der Waals surface area contributed by atoms with Crippen molar-refractivity contribution < 1.29 is 13.9 Å². The van der Waals surface area contributed by atoms with Gasteiger partial charge in [0.2, 0.25) is 0 Å². The van der Waals surface area contributed by atoms with Crippen LogP contribution in [0.5, 0.6) is 5.75 Å². The van der Waals surface area contributed by atoms with Crippen LogP contribution in [-0.2, 0) is 6.54 Å². The number of ether oxygens (including phenoxy) is 1. The van der Waals surface area contributed by atoms with Gasteiger partial charge in [0.25, 0.3) is 5.91 Å². The van der Waals surface area contributed by atoms with Gasteiger partial charge in [-0.1, -0.05) is 24.3 Å². The Morgan fingerprint density at radius 2 is 2.09 bits per heavy atom. The first-order chi connectivity index (χ1) is 11.1. The van der Waals surface area contributed by atoms with Crippen LogP contribution in [0, 0.1) is 5.82 Å². The second kappa shape index (κ2) is 6.08. The Bertz CT molecular complexity index is 860. The van der Waals surface area contributed by atoms with Gasteiger partial charge in [-0.25, -0.2) is 4.39 Å². The maximum atomic E-state index is 13.7. The number of carbonyl (C=O) groups excluding carboxylic acids is 1. The molecule has 1 amide bonds. The largest absolute Gasteiger partial charge is 0.494 e. The summed E-state index contributed by atoms with van der Waals surface area (Å²) in [5, 5.41) is 7.70. The lowest BCUT2D eigenvalue weighted by Crippen LogP contribution is -2.26. The minimum absolute atomic E-state index is 0.182. The van der Waals surface area contributed by atoms with Gasteiger partial charge in [-0.15, -0.1) is 0 Å². The molecule has 3 aromatic rings. The summed E-state index contributed by atoms with van der Waals surface area (Å²) in [6, 6.07) is 12.1. The van der Waals surface area contributed by atoms with E-state index in [0.29, 0.717) is 11.3 Å². The van der Waals surface area contributed by atoms with Crippen molar-refractivity contribution in [3.05, 3.63) is 59.5 Å². The summed E-state index contributed by atoms with van der Waals surface area (Å²) in [6.45, 7) is 0.279. The number of hydrogen-bond donors (Lipinski definition) is 1. The number of hydrogen-bond acceptors (Lipinski definition) is 3. The summed E-state index contributed by atoms with van der Waals surface area (Å²) < 4.78 is 18.6. The Hall–Kier alpha value is -2.89. The van der Waals surface area contributed by atoms with E-state index in [-0.39, 0.29) is 18.2 Å². The van der Waals surface area contributed by atoms with E-state index in [9.17, 15) is 9.18 Å². The van der Waals surface area contributed by atoms with E-state index in [1.807, 2.05) is 24.3 Å². The SMILES string of the molecule is COc1ccc(CN(C)C(=O)c2n[nH]c3ccccc23)cc1F. The minimum atomic E-state index is -0.448. The van der Waals surface area contributed by atoms with E-state index in [1.54, 1.807) is 19.2 Å². The zero-order valence-electron chi connectivity index (χ0n) is 12.8. The van der Waals surface area contributed by atoms with Gasteiger partial charge in [-0.05, 0) is 23.8 Å². The molecule has 0 saturated heterocycles. The molecule has 1 aromatic heterocycles. The number of rotatable bonds is 4. The normalized spacial score (nSPS) is 10.7. The van der Waals surface area contributed by atoms with Crippen molar-refractivity contribution in [2.75, 3.05) is 14.2 Å². The number of amides is 1. The first-order valence-corrected chi connectivity index (χ1v) is 7.11. The molecule has 1 heterocycles. The van der Waals surface area contributed by atoms with Crippen molar-refractivity contribution in [3.63, 3.8) is 0 Å². The van der Waals surface area contributed by atoms with Crippen molar-refractivity contribution in [3.8, 4) is 5.75 Å². The van der Waals surface area contributed by atoms with Crippen LogP contribution in [0.4, 0.5) is 4.39 Å². The van der Waals surface area contributed by atoms with Crippen molar-refractivity contribution >= 4 is 16.8 Å². The molecule has 0 aliphatic heterocycles. The molecule has 0 atom stereocenters. The van der Waals surface area contributed by atoms with Gasteiger partial charge >= 0.3 is 0 Å². The first-order valence-electron chi connectivity index (χ1n) is 7.11. The minimum Gasteiger partial charge on any atom is -0.494 e. The Morgan fingerprint density at radius 3 is 2.83 bits per heavy atom. The first kappa shape index (κ1) is 15.0. The van der Waals surface area contributed by atoms with Crippen molar-refractivity contribution in [1.82, 2.24) is 15.1 Å². The van der Waals surface area contributed by atoms with Gasteiger partial charge < -0.3 is 9.64 Å². The van der Waals surface area contributed by atoms with Gasteiger partial charge in [0.05, 0.1) is 12.6 Å². The summed E-state index contributed by atoms with van der Waals surface area (Å²) in [5.41, 5.74) is 1.84. The van der Waals surface area contributed by atoms with Crippen molar-refractivity contribution in [2.45, 2.75) is 6.54 Å². The number of carbonyl (C=O) groups is 1. The summed E-state index contributed by atoms with van der Waals surface area (Å²) in [6.07, 6.45) is 0. The van der Waals surface area contributed by atoms with Crippen LogP contribution in [0.25, 0.3) is 10.9 Å². The van der Waals surface area contributed by atoms with E-state index in [1.165, 1.54) is 18.1 Å². The molecule has 23 heavy (non-hydrogen) atoms. The molecule has 0 fully saturated rings. The van der Waals surface area contributed by atoms with Gasteiger partial charge in [-0.2, -0.15) is 5.10 Å². The Kier molecular flexibility index (Phi) is 3.97. The van der Waals surface area contributed by atoms with Crippen molar-refractivity contribution in [1.29, 1.82) is 0 Å². The van der Waals surface area contributed by atoms with E-state index < -0.39 is 5.82 Å². The molecule has 0 radical (unpaired) electrons. The van der Waals surface area contributed by atoms with Crippen LogP contribution < -0.4 is 4.74 Å². The number of fused-ring (bicyclic) bond motifs is 1. The third-order valence-corrected chi connectivity index (χ3v) is 3.66. The summed E-state index contributed by atoms with van der Waals surface area (Å²) >= 11 is 0. The highest BCUT2D eigenvalue weighted by atomic mass is 19.1. The van der Waals surface area contributed by atoms with E-state index in [2.05, 4.69) is 10.2 Å². The molecular formula is C17H16FN3O2. The molecule has 0 bridgehead atoms. The van der Waals surface area contributed by atoms with Gasteiger partial charge in [0.1, 0.15) is 0 Å². The average Bonchev–Trinajstić information content (AvgIpc) is 2.98. The van der Waals surface area contributed by atoms with E-state index in [0.717, 1.165) is 10.9 Å². The molecule has 1 N–H and O–H groups in total. The molecule has 0 spiro atoms. The standard InChI is InChI=1S/C17H16FN3O2/c1-21(10-11-7-8-15(23-2)13(18)9-11)17(22)16-12-5-3-4-6-14(12)19-20-16/h3-9H,10H2,1-2H3,(H,19,20). The van der Waals surface area contributed by atoms with Gasteiger partial charge in [-0.3, -0.25) is 9.89 Å². The fraction of sp³-hybridized carbons (Fsp3) is 0.176. The zero-order valence-corrected chi connectivity index (χ0v) is 12.8. The predicted molar refractivity (Wildman–Crippen MR) is 84.8 cm³/mol. The predicted octanol–water partition coefficient (Wildman–Crippen LogP) is 2.98. The number of aromatic nitrogens is 2. The highest BCUT2D eigenvalue weighted by Gasteiger charge is 2.18. The molecule has 6 heteroatoms. The fourth-order valence-electron chi connectivity index (χ4n) is 2.46. The van der Waals surface area contributed by atoms with Crippen LogP contribution in [0.3, 0.4) is 0 Å². The summed E-state index contributed by atoms with van der Waals surface area (Å²) in [7, 11) is 3.07. The lowest BCUT2D eigenvalue weighted by Gasteiger charge is -2.16. The zero-order chi connectivity index (χ0) is 16.4. The maximum absolute atomic E-state index is 13.7. The number of methoxy groups -OCH3 is 1. The number of aromatic amines is 1. The second-order valence-electron chi connectivity index (χ2n) is 5.25. The van der Waals surface area contributed by atoms with E-state index >= 15 is 0 Å². The number of benzene rings is 2. The third kappa shape index (κ3) is 2.88. The number of para-hydroxylation sites is 1. The van der Waals surface area contributed by atoms with E-state index in [4.69, 9.17) is 4.74 Å². The lowest BCUT2D eigenvalue weighted by molar-refractivity contribution is 0.0781. The molecule has 118 valence electrons. The molecule has 3 rings (SSSR count). The van der Waals surface area contributed by atoms with Gasteiger partial charge in [0.15, 0.2) is 17.3 Å². The Balaban J connectivity index is 1.81. The third-order valence-electron chi connectivity index (χ3n) is 3.66. The molecule has 0 aliphatic rings. The number of halogens is 1. The smallest absolute Gasteiger partial charge is 0.275 e. The number of H-pyrrole nitrogens is 1. The molecule has 2 aromatic carbocycles. The summed E-state index contributed by atoms with van der Waals surface area (Å²) in [5.74, 6) is -0.490. The van der Waals surface area contributed by atoms with Gasteiger partial charge in [0, 0.05) is 19.0 Å². The Labute approximate surface area is 132 Å². The molecule has 5 nitrogen and oxygen atoms in total. The maximum Gasteiger partial charge on any atom is 0.275 e. The highest BCUT2D eigenvalue weighted by molar-refractivity contribution is 6.04. The monoisotopic (exact) mass is 313 g/mol. The molecular weight excluding hydrogens is 297 g/mol. The van der Waals surface area contributed by atoms with Crippen LogP contribution >= 0.6 is 0 Å². The Morgan fingerprint density at radius 1 is 1.30 bits per heavy atom. The topological polar surface area (TPSA) is 58.2 Å². The molecule has 0 aliphatic carbocycles. The molecule has 0 saturated carbocycles. The van der Waals surface area contributed by atoms with Crippen LogP contribution in [0.2, 0.25) is 0 Å². The average molecular weight is 313 g/mol. The fourth-order valence-corrected chi connectivity index (χ4v) is 2.46. The lowest BCUT2D eigenvalue weighted by atomic mass is 10.1. The second-order valence-corrected chi connectivity index (χ2v) is 5.25. The number of nitrogens with one attached hydrogen (secondary N) is 1. The summed E-state index contributed by atoms with van der Waals surface area (Å²) in [4.78, 5) is 14.1.